The average Bonchev–Trinajstić information content (AvgIpc) is 3.07. The highest BCUT2D eigenvalue weighted by Gasteiger charge is 2.26. The molecule has 0 saturated heterocycles. The molecule has 0 saturated carbocycles. The number of hydrogen-bond donors (Lipinski definition) is 1. The molecule has 2 N–H and O–H groups in total. The maximum atomic E-state index is 13.1. The lowest BCUT2D eigenvalue weighted by molar-refractivity contribution is 0.0491. The van der Waals surface area contributed by atoms with Crippen molar-refractivity contribution in [2.24, 2.45) is 5.92 Å². The van der Waals surface area contributed by atoms with Gasteiger partial charge in [0, 0.05) is 18.2 Å². The smallest absolute Gasteiger partial charge is 0.344 e. The van der Waals surface area contributed by atoms with Crippen LogP contribution in [0.5, 0.6) is 11.5 Å². The van der Waals surface area contributed by atoms with Gasteiger partial charge < -0.3 is 19.9 Å². The number of aromatic nitrogens is 3. The van der Waals surface area contributed by atoms with E-state index in [2.05, 4.69) is 13.8 Å². The third-order valence-corrected chi connectivity index (χ3v) is 5.22. The van der Waals surface area contributed by atoms with Gasteiger partial charge in [-0.05, 0) is 24.5 Å². The number of anilines is 1. The minimum absolute atomic E-state index is 0.195. The molecule has 0 atom stereocenters. The fourth-order valence-corrected chi connectivity index (χ4v) is 3.51. The Morgan fingerprint density at radius 2 is 1.66 bits per heavy atom. The molecule has 0 aliphatic carbocycles. The summed E-state index contributed by atoms with van der Waals surface area (Å²) in [5.41, 5.74) is 9.55. The standard InChI is InChI=1S/C24H26N4O4/c1-14(2)9-10-32-24(29)20-21-23(27-19-8-6-5-7-18(19)26-21)28(22(20)25)15-11-16(30-3)13-17(12-15)31-4/h5-8,11-14H,9-10,25H2,1-4H3. The van der Waals surface area contributed by atoms with E-state index in [1.165, 1.54) is 0 Å². The van der Waals surface area contributed by atoms with Gasteiger partial charge in [0.2, 0.25) is 0 Å². The van der Waals surface area contributed by atoms with E-state index in [1.54, 1.807) is 37.0 Å². The van der Waals surface area contributed by atoms with Crippen molar-refractivity contribution in [2.75, 3.05) is 26.6 Å². The number of carbonyl (C=O) groups is 1. The van der Waals surface area contributed by atoms with Crippen LogP contribution in [-0.4, -0.2) is 41.3 Å². The van der Waals surface area contributed by atoms with Crippen LogP contribution >= 0.6 is 0 Å². The second-order valence-electron chi connectivity index (χ2n) is 7.87. The Labute approximate surface area is 185 Å². The number of esters is 1. The maximum Gasteiger partial charge on any atom is 0.344 e. The highest BCUT2D eigenvalue weighted by molar-refractivity contribution is 6.09. The number of para-hydroxylation sites is 2. The summed E-state index contributed by atoms with van der Waals surface area (Å²) in [6.07, 6.45) is 0.756. The molecule has 8 heteroatoms. The van der Waals surface area contributed by atoms with Crippen molar-refractivity contribution in [1.82, 2.24) is 14.5 Å². The highest BCUT2D eigenvalue weighted by atomic mass is 16.5. The van der Waals surface area contributed by atoms with E-state index in [0.717, 1.165) is 6.42 Å². The summed E-state index contributed by atoms with van der Waals surface area (Å²) in [5, 5.41) is 0. The Kier molecular flexibility index (Phi) is 5.85. The quantitative estimate of drug-likeness (QED) is 0.431. The van der Waals surface area contributed by atoms with E-state index in [0.29, 0.717) is 51.9 Å². The summed E-state index contributed by atoms with van der Waals surface area (Å²) in [6, 6.07) is 12.8. The summed E-state index contributed by atoms with van der Waals surface area (Å²) in [6.45, 7) is 4.44. The Balaban J connectivity index is 1.96. The molecule has 0 fully saturated rings. The number of rotatable bonds is 7. The first-order valence-corrected chi connectivity index (χ1v) is 10.4. The lowest BCUT2D eigenvalue weighted by Crippen LogP contribution is -2.11. The molecule has 2 heterocycles. The number of hydrogen-bond acceptors (Lipinski definition) is 7. The summed E-state index contributed by atoms with van der Waals surface area (Å²) in [5.74, 6) is 1.24. The number of nitrogens with two attached hydrogens (primary N) is 1. The Bertz CT molecular complexity index is 1270. The molecule has 0 bridgehead atoms. The number of nitrogens with zero attached hydrogens (tertiary/aromatic N) is 3. The van der Waals surface area contributed by atoms with Gasteiger partial charge in [-0.25, -0.2) is 14.8 Å². The number of ether oxygens (including phenoxy) is 3. The molecule has 4 aromatic rings. The normalized spacial score (nSPS) is 11.3. The van der Waals surface area contributed by atoms with Crippen molar-refractivity contribution < 1.29 is 19.0 Å². The molecule has 4 rings (SSSR count). The van der Waals surface area contributed by atoms with Gasteiger partial charge in [-0.1, -0.05) is 26.0 Å². The number of nitrogen functional groups attached to an aromatic ring is 1. The van der Waals surface area contributed by atoms with Crippen LogP contribution in [0.2, 0.25) is 0 Å². The molecular weight excluding hydrogens is 408 g/mol. The van der Waals surface area contributed by atoms with Gasteiger partial charge in [-0.3, -0.25) is 4.57 Å². The first-order valence-electron chi connectivity index (χ1n) is 10.4. The Hall–Kier alpha value is -3.81. The molecule has 0 aliphatic rings. The van der Waals surface area contributed by atoms with E-state index >= 15 is 0 Å². The first-order chi connectivity index (χ1) is 15.4. The van der Waals surface area contributed by atoms with Crippen LogP contribution in [0, 0.1) is 5.92 Å². The zero-order valence-electron chi connectivity index (χ0n) is 18.6. The number of methoxy groups -OCH3 is 2. The van der Waals surface area contributed by atoms with Crippen LogP contribution in [0.4, 0.5) is 5.82 Å². The first kappa shape index (κ1) is 21.4. The fraction of sp³-hybridized carbons (Fsp3) is 0.292. The van der Waals surface area contributed by atoms with Crippen molar-refractivity contribution >= 4 is 34.0 Å². The second-order valence-corrected chi connectivity index (χ2v) is 7.87. The third-order valence-electron chi connectivity index (χ3n) is 5.22. The molecule has 0 radical (unpaired) electrons. The summed E-state index contributed by atoms with van der Waals surface area (Å²) in [4.78, 5) is 22.5. The Morgan fingerprint density at radius 3 is 2.25 bits per heavy atom. The van der Waals surface area contributed by atoms with Crippen molar-refractivity contribution in [3.8, 4) is 17.2 Å². The molecular formula is C24H26N4O4. The lowest BCUT2D eigenvalue weighted by Gasteiger charge is -2.12. The largest absolute Gasteiger partial charge is 0.497 e. The lowest BCUT2D eigenvalue weighted by atomic mass is 10.1. The molecule has 0 unspecified atom stereocenters. The average molecular weight is 434 g/mol. The number of fused-ring (bicyclic) bond motifs is 2. The summed E-state index contributed by atoms with van der Waals surface area (Å²) in [7, 11) is 3.14. The predicted molar refractivity (Wildman–Crippen MR) is 124 cm³/mol. The molecule has 2 aromatic heterocycles. The van der Waals surface area contributed by atoms with Crippen LogP contribution in [0.3, 0.4) is 0 Å². The molecule has 0 spiro atoms. The van der Waals surface area contributed by atoms with Crippen LogP contribution in [0.15, 0.2) is 42.5 Å². The van der Waals surface area contributed by atoms with Crippen LogP contribution in [-0.2, 0) is 4.74 Å². The number of benzene rings is 2. The summed E-state index contributed by atoms with van der Waals surface area (Å²) < 4.78 is 18.0. The Morgan fingerprint density at radius 1 is 1.03 bits per heavy atom. The third kappa shape index (κ3) is 3.91. The van der Waals surface area contributed by atoms with E-state index in [-0.39, 0.29) is 11.4 Å². The van der Waals surface area contributed by atoms with Gasteiger partial charge >= 0.3 is 5.97 Å². The minimum atomic E-state index is -0.522. The molecule has 2 aromatic carbocycles. The van der Waals surface area contributed by atoms with E-state index in [1.807, 2.05) is 24.3 Å². The van der Waals surface area contributed by atoms with Crippen LogP contribution in [0.1, 0.15) is 30.6 Å². The van der Waals surface area contributed by atoms with E-state index in [4.69, 9.17) is 29.9 Å². The van der Waals surface area contributed by atoms with Gasteiger partial charge in [0.25, 0.3) is 0 Å². The maximum absolute atomic E-state index is 13.1. The minimum Gasteiger partial charge on any atom is -0.497 e. The molecule has 0 aliphatic heterocycles. The van der Waals surface area contributed by atoms with Gasteiger partial charge in [-0.15, -0.1) is 0 Å². The fourth-order valence-electron chi connectivity index (χ4n) is 3.51. The van der Waals surface area contributed by atoms with Crippen molar-refractivity contribution in [3.05, 3.63) is 48.0 Å². The van der Waals surface area contributed by atoms with Gasteiger partial charge in [0.15, 0.2) is 5.65 Å². The van der Waals surface area contributed by atoms with Gasteiger partial charge in [0.05, 0.1) is 37.5 Å². The van der Waals surface area contributed by atoms with Crippen LogP contribution in [0.25, 0.3) is 27.9 Å². The second kappa shape index (κ2) is 8.74. The van der Waals surface area contributed by atoms with E-state index in [9.17, 15) is 4.79 Å². The van der Waals surface area contributed by atoms with Crippen molar-refractivity contribution in [3.63, 3.8) is 0 Å². The van der Waals surface area contributed by atoms with Crippen LogP contribution < -0.4 is 15.2 Å². The topological polar surface area (TPSA) is 101 Å². The zero-order chi connectivity index (χ0) is 22.8. The molecule has 166 valence electrons. The summed E-state index contributed by atoms with van der Waals surface area (Å²) >= 11 is 0. The molecule has 0 amide bonds. The van der Waals surface area contributed by atoms with Crippen molar-refractivity contribution in [2.45, 2.75) is 20.3 Å². The SMILES string of the molecule is COc1cc(OC)cc(-n2c(N)c(C(=O)OCCC(C)C)c3nc4ccccc4nc32)c1. The van der Waals surface area contributed by atoms with Gasteiger partial charge in [-0.2, -0.15) is 0 Å². The van der Waals surface area contributed by atoms with Gasteiger partial charge in [0.1, 0.15) is 28.4 Å². The number of carbonyl (C=O) groups excluding carboxylic acids is 1. The zero-order valence-corrected chi connectivity index (χ0v) is 18.6. The molecule has 32 heavy (non-hydrogen) atoms. The molecule has 8 nitrogen and oxygen atoms in total. The monoisotopic (exact) mass is 434 g/mol. The van der Waals surface area contributed by atoms with Crippen molar-refractivity contribution in [1.29, 1.82) is 0 Å². The predicted octanol–water partition coefficient (Wildman–Crippen LogP) is 4.38. The van der Waals surface area contributed by atoms with E-state index < -0.39 is 5.97 Å². The highest BCUT2D eigenvalue weighted by Crippen LogP contribution is 2.34.